The van der Waals surface area contributed by atoms with Gasteiger partial charge < -0.3 is 10.6 Å². The van der Waals surface area contributed by atoms with Crippen LogP contribution in [0.1, 0.15) is 23.2 Å². The number of carbonyl (C=O) groups is 2. The van der Waals surface area contributed by atoms with Gasteiger partial charge in [0.15, 0.2) is 0 Å². The van der Waals surface area contributed by atoms with E-state index in [1.165, 1.54) is 0 Å². The molecule has 136 valence electrons. The van der Waals surface area contributed by atoms with E-state index in [4.69, 9.17) is 10.7 Å². The fourth-order valence-electron chi connectivity index (χ4n) is 3.58. The molecule has 0 aliphatic carbocycles. The number of nitrogens with zero attached hydrogens (tertiary/aromatic N) is 3. The molecule has 3 heterocycles. The maximum absolute atomic E-state index is 13.3. The third kappa shape index (κ3) is 3.38. The molecule has 0 spiro atoms. The van der Waals surface area contributed by atoms with Crippen molar-refractivity contribution in [2.45, 2.75) is 12.8 Å². The van der Waals surface area contributed by atoms with Gasteiger partial charge in [0.2, 0.25) is 5.91 Å². The standard InChI is InChI=1S/C21H20N4O2/c22-20(26)15-6-4-10-25(13-15)21(27)17-11-19(14-5-3-9-23-12-14)24-18-8-2-1-7-16(17)18/h1-3,5,7-9,11-12,15H,4,6,10,13H2,(H2,22,26)/t15-/m1/s1. The SMILES string of the molecule is NC(=O)[C@@H]1CCCN(C(=O)c2cc(-c3cccnc3)nc3ccccc23)C1. The molecular formula is C21H20N4O2. The van der Waals surface area contributed by atoms with Gasteiger partial charge in [-0.05, 0) is 37.1 Å². The Bertz CT molecular complexity index is 1000. The summed E-state index contributed by atoms with van der Waals surface area (Å²) >= 11 is 0. The fraction of sp³-hybridized carbons (Fsp3) is 0.238. The Labute approximate surface area is 157 Å². The van der Waals surface area contributed by atoms with Crippen molar-refractivity contribution in [3.63, 3.8) is 0 Å². The van der Waals surface area contributed by atoms with Crippen molar-refractivity contribution < 1.29 is 9.59 Å². The van der Waals surface area contributed by atoms with Crippen LogP contribution in [-0.2, 0) is 4.79 Å². The van der Waals surface area contributed by atoms with Crippen LogP contribution in [0.4, 0.5) is 0 Å². The minimum atomic E-state index is -0.344. The van der Waals surface area contributed by atoms with Crippen molar-refractivity contribution in [2.75, 3.05) is 13.1 Å². The molecule has 2 N–H and O–H groups in total. The number of para-hydroxylation sites is 1. The number of amides is 2. The molecule has 1 aliphatic heterocycles. The molecule has 4 rings (SSSR count). The van der Waals surface area contributed by atoms with Crippen LogP contribution in [0.5, 0.6) is 0 Å². The van der Waals surface area contributed by atoms with Crippen molar-refractivity contribution in [3.05, 3.63) is 60.4 Å². The minimum Gasteiger partial charge on any atom is -0.369 e. The first-order valence-corrected chi connectivity index (χ1v) is 9.02. The van der Waals surface area contributed by atoms with Gasteiger partial charge in [0, 0.05) is 36.4 Å². The van der Waals surface area contributed by atoms with Crippen LogP contribution in [-0.4, -0.2) is 39.8 Å². The Morgan fingerprint density at radius 3 is 2.78 bits per heavy atom. The van der Waals surface area contributed by atoms with E-state index in [-0.39, 0.29) is 17.7 Å². The maximum atomic E-state index is 13.3. The minimum absolute atomic E-state index is 0.0929. The molecule has 0 bridgehead atoms. The van der Waals surface area contributed by atoms with Crippen molar-refractivity contribution in [3.8, 4) is 11.3 Å². The summed E-state index contributed by atoms with van der Waals surface area (Å²) in [6.45, 7) is 0.995. The van der Waals surface area contributed by atoms with Crippen LogP contribution in [0.3, 0.4) is 0 Å². The molecule has 2 amide bonds. The topological polar surface area (TPSA) is 89.2 Å². The van der Waals surface area contributed by atoms with Gasteiger partial charge >= 0.3 is 0 Å². The summed E-state index contributed by atoms with van der Waals surface area (Å²) in [4.78, 5) is 35.4. The number of pyridine rings is 2. The smallest absolute Gasteiger partial charge is 0.254 e. The summed E-state index contributed by atoms with van der Waals surface area (Å²) in [5.41, 5.74) is 8.36. The molecule has 1 aliphatic rings. The van der Waals surface area contributed by atoms with E-state index < -0.39 is 0 Å². The van der Waals surface area contributed by atoms with Crippen LogP contribution in [0, 0.1) is 5.92 Å². The van der Waals surface area contributed by atoms with Gasteiger partial charge in [0.05, 0.1) is 22.7 Å². The lowest BCUT2D eigenvalue weighted by Crippen LogP contribution is -2.44. The van der Waals surface area contributed by atoms with Crippen LogP contribution in [0.25, 0.3) is 22.2 Å². The number of aromatic nitrogens is 2. The van der Waals surface area contributed by atoms with E-state index in [9.17, 15) is 9.59 Å². The van der Waals surface area contributed by atoms with E-state index in [1.54, 1.807) is 17.3 Å². The molecule has 27 heavy (non-hydrogen) atoms. The first-order valence-electron chi connectivity index (χ1n) is 9.02. The summed E-state index contributed by atoms with van der Waals surface area (Å²) in [5.74, 6) is -0.721. The predicted octanol–water partition coefficient (Wildman–Crippen LogP) is 2.63. The molecule has 0 unspecified atom stereocenters. The number of likely N-dealkylation sites (tertiary alicyclic amines) is 1. The number of nitrogens with two attached hydrogens (primary N) is 1. The lowest BCUT2D eigenvalue weighted by atomic mass is 9.96. The Morgan fingerprint density at radius 2 is 2.00 bits per heavy atom. The molecule has 1 fully saturated rings. The van der Waals surface area contributed by atoms with Crippen LogP contribution in [0.2, 0.25) is 0 Å². The molecule has 6 nitrogen and oxygen atoms in total. The van der Waals surface area contributed by atoms with E-state index in [2.05, 4.69) is 4.98 Å². The van der Waals surface area contributed by atoms with Crippen molar-refractivity contribution in [1.82, 2.24) is 14.9 Å². The zero-order chi connectivity index (χ0) is 18.8. The van der Waals surface area contributed by atoms with E-state index >= 15 is 0 Å². The van der Waals surface area contributed by atoms with Crippen LogP contribution in [0.15, 0.2) is 54.9 Å². The Hall–Kier alpha value is -3.28. The number of primary amides is 1. The van der Waals surface area contributed by atoms with Crippen LogP contribution < -0.4 is 5.73 Å². The van der Waals surface area contributed by atoms with E-state index in [0.717, 1.165) is 29.3 Å². The normalized spacial score (nSPS) is 17.0. The third-order valence-corrected chi connectivity index (χ3v) is 5.01. The zero-order valence-electron chi connectivity index (χ0n) is 14.8. The van der Waals surface area contributed by atoms with Gasteiger partial charge in [0.25, 0.3) is 5.91 Å². The number of rotatable bonds is 3. The van der Waals surface area contributed by atoms with Gasteiger partial charge in [-0.3, -0.25) is 14.6 Å². The highest BCUT2D eigenvalue weighted by Gasteiger charge is 2.28. The predicted molar refractivity (Wildman–Crippen MR) is 103 cm³/mol. The summed E-state index contributed by atoms with van der Waals surface area (Å²) in [7, 11) is 0. The number of carbonyl (C=O) groups excluding carboxylic acids is 2. The lowest BCUT2D eigenvalue weighted by Gasteiger charge is -2.31. The summed E-state index contributed by atoms with van der Waals surface area (Å²) in [5, 5.41) is 0.802. The highest BCUT2D eigenvalue weighted by atomic mass is 16.2. The second-order valence-electron chi connectivity index (χ2n) is 6.81. The maximum Gasteiger partial charge on any atom is 0.254 e. The molecular weight excluding hydrogens is 340 g/mol. The number of hydrogen-bond donors (Lipinski definition) is 1. The molecule has 0 radical (unpaired) electrons. The Morgan fingerprint density at radius 1 is 1.15 bits per heavy atom. The molecule has 1 saturated heterocycles. The van der Waals surface area contributed by atoms with Gasteiger partial charge in [-0.2, -0.15) is 0 Å². The highest BCUT2D eigenvalue weighted by molar-refractivity contribution is 6.07. The summed E-state index contributed by atoms with van der Waals surface area (Å²) < 4.78 is 0. The van der Waals surface area contributed by atoms with Crippen molar-refractivity contribution in [1.29, 1.82) is 0 Å². The van der Waals surface area contributed by atoms with Gasteiger partial charge in [-0.15, -0.1) is 0 Å². The second-order valence-corrected chi connectivity index (χ2v) is 6.81. The summed E-state index contributed by atoms with van der Waals surface area (Å²) in [6, 6.07) is 13.2. The average molecular weight is 360 g/mol. The van der Waals surface area contributed by atoms with Crippen molar-refractivity contribution >= 4 is 22.7 Å². The lowest BCUT2D eigenvalue weighted by molar-refractivity contribution is -0.123. The molecule has 6 heteroatoms. The molecule has 1 atom stereocenters. The van der Waals surface area contributed by atoms with E-state index in [0.29, 0.717) is 24.3 Å². The number of piperidine rings is 1. The Kier molecular flexibility index (Phi) is 4.54. The van der Waals surface area contributed by atoms with Gasteiger partial charge in [-0.1, -0.05) is 18.2 Å². The zero-order valence-corrected chi connectivity index (χ0v) is 14.8. The molecule has 2 aromatic heterocycles. The van der Waals surface area contributed by atoms with Crippen LogP contribution >= 0.6 is 0 Å². The molecule has 0 saturated carbocycles. The first kappa shape index (κ1) is 17.1. The second kappa shape index (κ2) is 7.15. The van der Waals surface area contributed by atoms with E-state index in [1.807, 2.05) is 42.5 Å². The highest BCUT2D eigenvalue weighted by Crippen LogP contribution is 2.27. The Balaban J connectivity index is 1.78. The number of fused-ring (bicyclic) bond motifs is 1. The van der Waals surface area contributed by atoms with Gasteiger partial charge in [0.1, 0.15) is 0 Å². The quantitative estimate of drug-likeness (QED) is 0.777. The largest absolute Gasteiger partial charge is 0.369 e. The third-order valence-electron chi connectivity index (χ3n) is 5.01. The average Bonchev–Trinajstić information content (AvgIpc) is 2.73. The first-order chi connectivity index (χ1) is 13.1. The summed E-state index contributed by atoms with van der Waals surface area (Å²) in [6.07, 6.45) is 4.94. The fourth-order valence-corrected chi connectivity index (χ4v) is 3.58. The number of benzene rings is 1. The van der Waals surface area contributed by atoms with Crippen molar-refractivity contribution in [2.24, 2.45) is 11.7 Å². The monoisotopic (exact) mass is 360 g/mol. The molecule has 3 aromatic rings. The van der Waals surface area contributed by atoms with Gasteiger partial charge in [-0.25, -0.2) is 4.98 Å². The molecule has 1 aromatic carbocycles. The number of hydrogen-bond acceptors (Lipinski definition) is 4.